The highest BCUT2D eigenvalue weighted by molar-refractivity contribution is 7.07. The van der Waals surface area contributed by atoms with E-state index < -0.39 is 17.6 Å². The number of halogens is 1. The first-order valence-corrected chi connectivity index (χ1v) is 14.5. The number of allylic oxidation sites excluding steroid dienone is 1. The monoisotopic (exact) mass is 599 g/mol. The average Bonchev–Trinajstić information content (AvgIpc) is 3.45. The number of nitrogens with zero attached hydrogens (tertiary/aromatic N) is 3. The van der Waals surface area contributed by atoms with Crippen LogP contribution in [0.1, 0.15) is 36.6 Å². The number of ether oxygens (including phenoxy) is 2. The number of rotatable bonds is 6. The zero-order chi connectivity index (χ0) is 29.5. The van der Waals surface area contributed by atoms with Gasteiger partial charge in [0.1, 0.15) is 10.3 Å². The number of aromatic nitrogens is 1. The SMILES string of the molecule is CCOC(=O)C1=C(C)N=c2s/c(=C3\C(=O)N(Cc4ccc(Cl)cc4)c4ccccc43)c(=O)n2[C@@H]1c1ccc(OC)cc1. The number of thiazole rings is 1. The minimum atomic E-state index is -0.794. The Balaban J connectivity index is 1.56. The summed E-state index contributed by atoms with van der Waals surface area (Å²) < 4.78 is 12.5. The highest BCUT2D eigenvalue weighted by Crippen LogP contribution is 2.37. The maximum atomic E-state index is 14.3. The predicted molar refractivity (Wildman–Crippen MR) is 161 cm³/mol. The summed E-state index contributed by atoms with van der Waals surface area (Å²) in [4.78, 5) is 48.3. The third-order valence-corrected chi connectivity index (χ3v) is 8.63. The number of anilines is 1. The molecule has 0 N–H and O–H groups in total. The molecule has 8 nitrogen and oxygen atoms in total. The predicted octanol–water partition coefficient (Wildman–Crippen LogP) is 4.38. The molecule has 2 aliphatic heterocycles. The third kappa shape index (κ3) is 4.64. The van der Waals surface area contributed by atoms with E-state index in [9.17, 15) is 14.4 Å². The highest BCUT2D eigenvalue weighted by Gasteiger charge is 2.37. The maximum Gasteiger partial charge on any atom is 0.338 e. The molecule has 10 heteroatoms. The maximum absolute atomic E-state index is 14.3. The van der Waals surface area contributed by atoms with Gasteiger partial charge in [0, 0.05) is 10.6 Å². The first kappa shape index (κ1) is 27.7. The first-order valence-electron chi connectivity index (χ1n) is 13.3. The van der Waals surface area contributed by atoms with E-state index >= 15 is 0 Å². The number of carbonyl (C=O) groups excluding carboxylic acids is 2. The topological polar surface area (TPSA) is 90.2 Å². The second kappa shape index (κ2) is 11.1. The summed E-state index contributed by atoms with van der Waals surface area (Å²) in [6.07, 6.45) is 0. The minimum absolute atomic E-state index is 0.175. The molecule has 0 unspecified atom stereocenters. The number of para-hydroxylation sites is 1. The molecule has 1 aromatic heterocycles. The van der Waals surface area contributed by atoms with Crippen LogP contribution in [0.25, 0.3) is 5.57 Å². The molecule has 0 aliphatic carbocycles. The standard InChI is InChI=1S/C32H26ClN3O5S/c1-4-41-31(39)25-18(2)34-32-36(27(25)20-11-15-22(40-3)16-12-20)30(38)28(42-32)26-23-7-5-6-8-24(23)35(29(26)37)17-19-9-13-21(33)14-10-19/h5-16,27H,4,17H2,1-3H3/b28-26-/t27-/m1/s1. The number of carbonyl (C=O) groups is 2. The minimum Gasteiger partial charge on any atom is -0.497 e. The number of benzene rings is 3. The summed E-state index contributed by atoms with van der Waals surface area (Å²) in [6.45, 7) is 3.95. The quantitative estimate of drug-likeness (QED) is 0.307. The smallest absolute Gasteiger partial charge is 0.338 e. The summed E-state index contributed by atoms with van der Waals surface area (Å²) in [5, 5.41) is 0.609. The van der Waals surface area contributed by atoms with Crippen LogP contribution in [0.2, 0.25) is 5.02 Å². The molecule has 3 heterocycles. The molecule has 0 saturated carbocycles. The fraction of sp³-hybridized carbons (Fsp3) is 0.188. The molecule has 1 atom stereocenters. The van der Waals surface area contributed by atoms with Gasteiger partial charge in [-0.25, -0.2) is 9.79 Å². The lowest BCUT2D eigenvalue weighted by Crippen LogP contribution is -2.41. The van der Waals surface area contributed by atoms with Gasteiger partial charge < -0.3 is 14.4 Å². The van der Waals surface area contributed by atoms with E-state index in [1.807, 2.05) is 48.5 Å². The molecule has 0 spiro atoms. The van der Waals surface area contributed by atoms with Gasteiger partial charge in [0.25, 0.3) is 11.5 Å². The normalized spacial score (nSPS) is 17.1. The molecule has 0 bridgehead atoms. The number of amides is 1. The molecule has 4 aromatic rings. The van der Waals surface area contributed by atoms with Crippen molar-refractivity contribution in [3.63, 3.8) is 0 Å². The van der Waals surface area contributed by atoms with Gasteiger partial charge in [-0.05, 0) is 55.3 Å². The molecule has 42 heavy (non-hydrogen) atoms. The Morgan fingerprint density at radius 1 is 1.02 bits per heavy atom. The van der Waals surface area contributed by atoms with Crippen LogP contribution in [0.3, 0.4) is 0 Å². The van der Waals surface area contributed by atoms with Crippen LogP contribution in [0.4, 0.5) is 5.69 Å². The van der Waals surface area contributed by atoms with Gasteiger partial charge in [-0.2, -0.15) is 0 Å². The summed E-state index contributed by atoms with van der Waals surface area (Å²) in [5.74, 6) is -0.187. The van der Waals surface area contributed by atoms with Gasteiger partial charge in [0.2, 0.25) is 0 Å². The van der Waals surface area contributed by atoms with E-state index in [1.165, 1.54) is 4.57 Å². The van der Waals surface area contributed by atoms with Crippen molar-refractivity contribution in [2.45, 2.75) is 26.4 Å². The van der Waals surface area contributed by atoms with Crippen LogP contribution in [-0.2, 0) is 20.9 Å². The van der Waals surface area contributed by atoms with E-state index in [-0.39, 0.29) is 22.6 Å². The van der Waals surface area contributed by atoms with Crippen LogP contribution in [0.15, 0.2) is 93.9 Å². The van der Waals surface area contributed by atoms with Crippen LogP contribution in [0, 0.1) is 0 Å². The van der Waals surface area contributed by atoms with Gasteiger partial charge in [0.15, 0.2) is 4.80 Å². The van der Waals surface area contributed by atoms with Crippen molar-refractivity contribution >= 4 is 46.1 Å². The van der Waals surface area contributed by atoms with E-state index in [2.05, 4.69) is 4.99 Å². The Bertz CT molecular complexity index is 1940. The van der Waals surface area contributed by atoms with E-state index in [1.54, 1.807) is 50.1 Å². The Morgan fingerprint density at radius 3 is 2.43 bits per heavy atom. The Labute approximate surface area is 250 Å². The molecule has 1 amide bonds. The summed E-state index contributed by atoms with van der Waals surface area (Å²) >= 11 is 7.21. The first-order chi connectivity index (χ1) is 20.3. The Hall–Kier alpha value is -4.47. The van der Waals surface area contributed by atoms with Crippen LogP contribution < -0.4 is 24.5 Å². The Kier molecular flexibility index (Phi) is 7.30. The van der Waals surface area contributed by atoms with Crippen molar-refractivity contribution in [1.82, 2.24) is 4.57 Å². The zero-order valence-corrected chi connectivity index (χ0v) is 24.7. The molecule has 0 fully saturated rings. The molecular weight excluding hydrogens is 574 g/mol. The van der Waals surface area contributed by atoms with Gasteiger partial charge >= 0.3 is 5.97 Å². The number of esters is 1. The third-order valence-electron chi connectivity index (χ3n) is 7.33. The lowest BCUT2D eigenvalue weighted by Gasteiger charge is -2.24. The molecule has 3 aromatic carbocycles. The van der Waals surface area contributed by atoms with Gasteiger partial charge in [-0.1, -0.05) is 65.4 Å². The van der Waals surface area contributed by atoms with Crippen LogP contribution >= 0.6 is 22.9 Å². The van der Waals surface area contributed by atoms with Crippen LogP contribution in [0.5, 0.6) is 5.75 Å². The average molecular weight is 600 g/mol. The van der Waals surface area contributed by atoms with Gasteiger partial charge in [-0.3, -0.25) is 14.2 Å². The van der Waals surface area contributed by atoms with Crippen molar-refractivity contribution < 1.29 is 19.1 Å². The fourth-order valence-electron chi connectivity index (χ4n) is 5.37. The van der Waals surface area contributed by atoms with Crippen molar-refractivity contribution in [1.29, 1.82) is 0 Å². The number of hydrogen-bond donors (Lipinski definition) is 0. The summed E-state index contributed by atoms with van der Waals surface area (Å²) in [5.41, 5.74) is 3.61. The largest absolute Gasteiger partial charge is 0.497 e. The van der Waals surface area contributed by atoms with E-state index in [4.69, 9.17) is 21.1 Å². The zero-order valence-electron chi connectivity index (χ0n) is 23.1. The van der Waals surface area contributed by atoms with Gasteiger partial charge in [0.05, 0.1) is 48.8 Å². The Morgan fingerprint density at radius 2 is 1.74 bits per heavy atom. The molecule has 0 saturated heterocycles. The number of methoxy groups -OCH3 is 1. The second-order valence-corrected chi connectivity index (χ2v) is 11.2. The lowest BCUT2D eigenvalue weighted by molar-refractivity contribution is -0.139. The molecule has 212 valence electrons. The highest BCUT2D eigenvalue weighted by atomic mass is 35.5. The van der Waals surface area contributed by atoms with Crippen LogP contribution in [-0.4, -0.2) is 30.2 Å². The number of fused-ring (bicyclic) bond motifs is 2. The summed E-state index contributed by atoms with van der Waals surface area (Å²) in [6, 6.07) is 21.1. The lowest BCUT2D eigenvalue weighted by atomic mass is 9.96. The second-order valence-electron chi connectivity index (χ2n) is 9.81. The van der Waals surface area contributed by atoms with Crippen molar-refractivity contribution in [2.75, 3.05) is 18.6 Å². The fourth-order valence-corrected chi connectivity index (χ4v) is 6.64. The van der Waals surface area contributed by atoms with Crippen molar-refractivity contribution in [3.8, 4) is 5.75 Å². The van der Waals surface area contributed by atoms with Crippen molar-refractivity contribution in [2.24, 2.45) is 4.99 Å². The number of hydrogen-bond acceptors (Lipinski definition) is 7. The van der Waals surface area contributed by atoms with Gasteiger partial charge in [-0.15, -0.1) is 0 Å². The molecule has 6 rings (SSSR count). The van der Waals surface area contributed by atoms with E-state index in [0.29, 0.717) is 50.2 Å². The van der Waals surface area contributed by atoms with E-state index in [0.717, 1.165) is 16.9 Å². The van der Waals surface area contributed by atoms with Crippen molar-refractivity contribution in [3.05, 3.63) is 125 Å². The molecule has 2 aliphatic rings. The molecule has 0 radical (unpaired) electrons. The summed E-state index contributed by atoms with van der Waals surface area (Å²) in [7, 11) is 1.57. The molecular formula is C32H26ClN3O5S.